The molecule has 0 radical (unpaired) electrons. The number of benzene rings is 2. The molecule has 1 atom stereocenters. The first-order valence-corrected chi connectivity index (χ1v) is 6.65. The zero-order chi connectivity index (χ0) is 14.2. The Balaban J connectivity index is 1.92. The number of nitrogens with zero attached hydrogens (tertiary/aromatic N) is 4. The second kappa shape index (κ2) is 4.59. The zero-order valence-corrected chi connectivity index (χ0v) is 11.4. The fourth-order valence-electron chi connectivity index (χ4n) is 2.64. The maximum Gasteiger partial charge on any atom is 0.248 e. The van der Waals surface area contributed by atoms with Crippen LogP contribution in [0.3, 0.4) is 0 Å². The molecule has 0 aliphatic carbocycles. The Morgan fingerprint density at radius 2 is 2.00 bits per heavy atom. The maximum absolute atomic E-state index is 5.35. The predicted molar refractivity (Wildman–Crippen MR) is 77.6 cm³/mol. The van der Waals surface area contributed by atoms with Gasteiger partial charge in [0.1, 0.15) is 5.75 Å². The standard InChI is InChI=1S/C15H13N5O/c1-21-11-7-8-13-12(9-11)14(10-5-3-2-4-6-10)16-15-17-18-19-20(13)15/h2-9,14H,1H3,(H,16,17,19). The van der Waals surface area contributed by atoms with Crippen LogP contribution < -0.4 is 10.1 Å². The molecule has 1 N–H and O–H groups in total. The van der Waals surface area contributed by atoms with Gasteiger partial charge in [0.2, 0.25) is 5.95 Å². The Labute approximate surface area is 121 Å². The van der Waals surface area contributed by atoms with Gasteiger partial charge in [0.25, 0.3) is 0 Å². The van der Waals surface area contributed by atoms with Gasteiger partial charge in [-0.15, -0.1) is 0 Å². The molecule has 1 aliphatic heterocycles. The average Bonchev–Trinajstić information content (AvgIpc) is 3.03. The summed E-state index contributed by atoms with van der Waals surface area (Å²) in [5, 5.41) is 15.2. The van der Waals surface area contributed by atoms with Crippen LogP contribution in [0.4, 0.5) is 5.95 Å². The van der Waals surface area contributed by atoms with Crippen LogP contribution in [-0.4, -0.2) is 27.3 Å². The van der Waals surface area contributed by atoms with Crippen LogP contribution in [0.1, 0.15) is 17.2 Å². The number of tetrazole rings is 1. The van der Waals surface area contributed by atoms with Gasteiger partial charge in [-0.3, -0.25) is 0 Å². The lowest BCUT2D eigenvalue weighted by atomic mass is 9.95. The molecule has 2 heterocycles. The molecule has 0 amide bonds. The number of methoxy groups -OCH3 is 1. The molecule has 21 heavy (non-hydrogen) atoms. The first-order valence-electron chi connectivity index (χ1n) is 6.65. The van der Waals surface area contributed by atoms with Gasteiger partial charge in [0.15, 0.2) is 0 Å². The quantitative estimate of drug-likeness (QED) is 0.779. The van der Waals surface area contributed by atoms with E-state index in [1.807, 2.05) is 36.4 Å². The van der Waals surface area contributed by atoms with E-state index in [-0.39, 0.29) is 6.04 Å². The number of aromatic nitrogens is 4. The Hall–Kier alpha value is -2.89. The fourth-order valence-corrected chi connectivity index (χ4v) is 2.64. The van der Waals surface area contributed by atoms with E-state index in [1.54, 1.807) is 11.8 Å². The summed E-state index contributed by atoms with van der Waals surface area (Å²) in [6, 6.07) is 16.1. The van der Waals surface area contributed by atoms with E-state index in [0.717, 1.165) is 22.6 Å². The summed E-state index contributed by atoms with van der Waals surface area (Å²) < 4.78 is 7.05. The molecule has 1 unspecified atom stereocenters. The number of anilines is 1. The summed E-state index contributed by atoms with van der Waals surface area (Å²) in [5.74, 6) is 1.45. The van der Waals surface area contributed by atoms with Gasteiger partial charge in [0, 0.05) is 5.56 Å². The molecule has 1 aromatic heterocycles. The van der Waals surface area contributed by atoms with Crippen molar-refractivity contribution < 1.29 is 4.74 Å². The fraction of sp³-hybridized carbons (Fsp3) is 0.133. The van der Waals surface area contributed by atoms with E-state index in [1.165, 1.54) is 0 Å². The monoisotopic (exact) mass is 279 g/mol. The second-order valence-corrected chi connectivity index (χ2v) is 4.83. The van der Waals surface area contributed by atoms with Crippen LogP contribution in [0.5, 0.6) is 5.75 Å². The molecule has 0 spiro atoms. The molecule has 0 fully saturated rings. The lowest BCUT2D eigenvalue weighted by molar-refractivity contribution is 0.414. The molecular weight excluding hydrogens is 266 g/mol. The van der Waals surface area contributed by atoms with Crippen molar-refractivity contribution in [1.29, 1.82) is 0 Å². The van der Waals surface area contributed by atoms with Gasteiger partial charge >= 0.3 is 0 Å². The summed E-state index contributed by atoms with van der Waals surface area (Å²) in [7, 11) is 1.66. The number of fused-ring (bicyclic) bond motifs is 3. The number of hydrogen-bond acceptors (Lipinski definition) is 5. The molecule has 1 aliphatic rings. The van der Waals surface area contributed by atoms with Crippen LogP contribution in [0.25, 0.3) is 5.69 Å². The zero-order valence-electron chi connectivity index (χ0n) is 11.4. The highest BCUT2D eigenvalue weighted by Gasteiger charge is 2.27. The van der Waals surface area contributed by atoms with Crippen molar-refractivity contribution in [1.82, 2.24) is 20.2 Å². The van der Waals surface area contributed by atoms with Gasteiger partial charge < -0.3 is 10.1 Å². The maximum atomic E-state index is 5.35. The lowest BCUT2D eigenvalue weighted by Crippen LogP contribution is -2.23. The molecule has 2 aromatic carbocycles. The van der Waals surface area contributed by atoms with Crippen LogP contribution >= 0.6 is 0 Å². The Morgan fingerprint density at radius 1 is 1.14 bits per heavy atom. The van der Waals surface area contributed by atoms with Crippen LogP contribution in [-0.2, 0) is 0 Å². The van der Waals surface area contributed by atoms with Crippen molar-refractivity contribution in [2.45, 2.75) is 6.04 Å². The second-order valence-electron chi connectivity index (χ2n) is 4.83. The molecule has 0 bridgehead atoms. The minimum absolute atomic E-state index is 0.00481. The van der Waals surface area contributed by atoms with Crippen molar-refractivity contribution in [3.05, 3.63) is 59.7 Å². The lowest BCUT2D eigenvalue weighted by Gasteiger charge is -2.27. The minimum atomic E-state index is -0.00481. The van der Waals surface area contributed by atoms with Gasteiger partial charge in [-0.25, -0.2) is 0 Å². The summed E-state index contributed by atoms with van der Waals surface area (Å²) in [6.07, 6.45) is 0. The van der Waals surface area contributed by atoms with E-state index < -0.39 is 0 Å². The third-order valence-corrected chi connectivity index (χ3v) is 3.65. The first kappa shape index (κ1) is 11.9. The highest BCUT2D eigenvalue weighted by atomic mass is 16.5. The van der Waals surface area contributed by atoms with Crippen LogP contribution in [0.2, 0.25) is 0 Å². The third kappa shape index (κ3) is 1.84. The van der Waals surface area contributed by atoms with Crippen molar-refractivity contribution in [3.8, 4) is 11.4 Å². The number of rotatable bonds is 2. The van der Waals surface area contributed by atoms with Crippen LogP contribution in [0, 0.1) is 0 Å². The highest BCUT2D eigenvalue weighted by molar-refractivity contribution is 5.58. The van der Waals surface area contributed by atoms with E-state index in [2.05, 4.69) is 33.0 Å². The van der Waals surface area contributed by atoms with Gasteiger partial charge in [-0.1, -0.05) is 35.4 Å². The normalized spacial score (nSPS) is 15.8. The highest BCUT2D eigenvalue weighted by Crippen LogP contribution is 2.36. The van der Waals surface area contributed by atoms with E-state index in [0.29, 0.717) is 5.95 Å². The largest absolute Gasteiger partial charge is 0.497 e. The molecule has 6 nitrogen and oxygen atoms in total. The average molecular weight is 279 g/mol. The first-order chi connectivity index (χ1) is 10.4. The van der Waals surface area contributed by atoms with Crippen LogP contribution in [0.15, 0.2) is 48.5 Å². The molecule has 0 saturated heterocycles. The van der Waals surface area contributed by atoms with E-state index >= 15 is 0 Å². The third-order valence-electron chi connectivity index (χ3n) is 3.65. The SMILES string of the molecule is COc1ccc2c(c1)C(c1ccccc1)Nc1nnnn1-2. The summed E-state index contributed by atoms with van der Waals surface area (Å²) >= 11 is 0. The topological polar surface area (TPSA) is 64.9 Å². The molecule has 4 rings (SSSR count). The smallest absolute Gasteiger partial charge is 0.248 e. The van der Waals surface area contributed by atoms with Gasteiger partial charge in [-0.2, -0.15) is 4.68 Å². The number of ether oxygens (including phenoxy) is 1. The van der Waals surface area contributed by atoms with Crippen molar-refractivity contribution in [3.63, 3.8) is 0 Å². The summed E-state index contributed by atoms with van der Waals surface area (Å²) in [5.41, 5.74) is 3.20. The van der Waals surface area contributed by atoms with Gasteiger partial charge in [0.05, 0.1) is 18.8 Å². The van der Waals surface area contributed by atoms with E-state index in [9.17, 15) is 0 Å². The van der Waals surface area contributed by atoms with E-state index in [4.69, 9.17) is 4.74 Å². The minimum Gasteiger partial charge on any atom is -0.497 e. The van der Waals surface area contributed by atoms with Crippen molar-refractivity contribution in [2.24, 2.45) is 0 Å². The Morgan fingerprint density at radius 3 is 2.81 bits per heavy atom. The van der Waals surface area contributed by atoms with Crippen molar-refractivity contribution in [2.75, 3.05) is 12.4 Å². The Kier molecular flexibility index (Phi) is 2.60. The van der Waals surface area contributed by atoms with Gasteiger partial charge in [-0.05, 0) is 34.2 Å². The summed E-state index contributed by atoms with van der Waals surface area (Å²) in [6.45, 7) is 0. The molecule has 0 saturated carbocycles. The number of hydrogen-bond donors (Lipinski definition) is 1. The molecule has 3 aromatic rings. The molecular formula is C15H13N5O. The predicted octanol–water partition coefficient (Wildman–Crippen LogP) is 2.19. The molecule has 104 valence electrons. The Bertz CT molecular complexity index is 784. The van der Waals surface area contributed by atoms with Crippen molar-refractivity contribution >= 4 is 5.95 Å². The number of nitrogens with one attached hydrogen (secondary N) is 1. The molecule has 6 heteroatoms. The summed E-state index contributed by atoms with van der Waals surface area (Å²) in [4.78, 5) is 0.